The minimum atomic E-state index is -0.855. The molecule has 2 amide bonds. The summed E-state index contributed by atoms with van der Waals surface area (Å²) in [6, 6.07) is 5.18. The number of nitrogens with one attached hydrogen (secondary N) is 3. The number of hydrogen-bond acceptors (Lipinski definition) is 9. The highest BCUT2D eigenvalue weighted by molar-refractivity contribution is 9.11. The van der Waals surface area contributed by atoms with Crippen molar-refractivity contribution in [3.8, 4) is 0 Å². The van der Waals surface area contributed by atoms with E-state index in [0.29, 0.717) is 41.5 Å². The van der Waals surface area contributed by atoms with Crippen LogP contribution in [0.2, 0.25) is 0 Å². The van der Waals surface area contributed by atoms with Gasteiger partial charge in [0.25, 0.3) is 11.8 Å². The lowest BCUT2D eigenvalue weighted by Crippen LogP contribution is -2.51. The predicted molar refractivity (Wildman–Crippen MR) is 127 cm³/mol. The van der Waals surface area contributed by atoms with E-state index in [4.69, 9.17) is 5.73 Å². The molecule has 0 saturated carbocycles. The Kier molecular flexibility index (Phi) is 5.25. The zero-order valence-electron chi connectivity index (χ0n) is 17.4. The smallest absolute Gasteiger partial charge is 0.266 e. The molecular weight excluding hydrogens is 512 g/mol. The Morgan fingerprint density at radius 1 is 1.36 bits per heavy atom. The number of carbonyl (C=O) groups is 2. The van der Waals surface area contributed by atoms with E-state index in [1.165, 1.54) is 17.4 Å². The van der Waals surface area contributed by atoms with E-state index in [-0.39, 0.29) is 11.6 Å². The Morgan fingerprint density at radius 2 is 2.21 bits per heavy atom. The molecule has 1 saturated heterocycles. The number of nitrogens with zero attached hydrogens (tertiary/aromatic N) is 6. The van der Waals surface area contributed by atoms with Gasteiger partial charge in [-0.15, -0.1) is 0 Å². The molecule has 4 aromatic rings. The number of anilines is 4. The standard InChI is InChI=1S/C19H19BrN10O2S/c1-19(15(32)25-18-22-9-11(20)33-18)5-3-7-30(19)17-24-13-4-2-6-29(13)16(26-17)23-12-8-10(14(21)31)27-28-12/h2,4,6,8-9H,3,5,7H2,1H3,(H2,21,31)(H,22,25,32)(H2,23,24,26,27,28). The van der Waals surface area contributed by atoms with Gasteiger partial charge in [-0.3, -0.25) is 24.4 Å². The lowest BCUT2D eigenvalue weighted by molar-refractivity contribution is -0.120. The van der Waals surface area contributed by atoms with E-state index in [1.807, 2.05) is 24.0 Å². The summed E-state index contributed by atoms with van der Waals surface area (Å²) in [5.41, 5.74) is 5.26. The molecule has 12 nitrogen and oxygen atoms in total. The highest BCUT2D eigenvalue weighted by atomic mass is 79.9. The third-order valence-corrected chi connectivity index (χ3v) is 6.92. The number of rotatable bonds is 6. The third kappa shape index (κ3) is 3.91. The Labute approximate surface area is 199 Å². The summed E-state index contributed by atoms with van der Waals surface area (Å²) in [6.45, 7) is 2.50. The third-order valence-electron chi connectivity index (χ3n) is 5.53. The molecular formula is C19H19BrN10O2S. The van der Waals surface area contributed by atoms with Crippen LogP contribution in [0.3, 0.4) is 0 Å². The second-order valence-corrected chi connectivity index (χ2v) is 10.1. The van der Waals surface area contributed by atoms with Crippen molar-refractivity contribution in [2.75, 3.05) is 22.1 Å². The van der Waals surface area contributed by atoms with Crippen LogP contribution in [0.25, 0.3) is 5.65 Å². The second kappa shape index (κ2) is 8.12. The summed E-state index contributed by atoms with van der Waals surface area (Å²) >= 11 is 4.71. The maximum absolute atomic E-state index is 13.2. The van der Waals surface area contributed by atoms with E-state index in [2.05, 4.69) is 51.7 Å². The molecule has 5 heterocycles. The molecule has 170 valence electrons. The first-order valence-corrected chi connectivity index (χ1v) is 11.6. The fourth-order valence-corrected chi connectivity index (χ4v) is 4.92. The van der Waals surface area contributed by atoms with Gasteiger partial charge in [0.1, 0.15) is 16.9 Å². The average molecular weight is 531 g/mol. The van der Waals surface area contributed by atoms with E-state index < -0.39 is 11.4 Å². The highest BCUT2D eigenvalue weighted by Crippen LogP contribution is 2.35. The summed E-state index contributed by atoms with van der Waals surface area (Å²) < 4.78 is 2.59. The lowest BCUT2D eigenvalue weighted by Gasteiger charge is -2.33. The first kappa shape index (κ1) is 21.3. The quantitative estimate of drug-likeness (QED) is 0.295. The second-order valence-electron chi connectivity index (χ2n) is 7.69. The van der Waals surface area contributed by atoms with Gasteiger partial charge in [0, 0.05) is 18.8 Å². The van der Waals surface area contributed by atoms with Gasteiger partial charge in [-0.25, -0.2) is 4.98 Å². The van der Waals surface area contributed by atoms with Crippen molar-refractivity contribution in [1.82, 2.24) is 29.5 Å². The van der Waals surface area contributed by atoms with Crippen molar-refractivity contribution in [2.24, 2.45) is 5.73 Å². The maximum Gasteiger partial charge on any atom is 0.266 e. The molecule has 1 aliphatic heterocycles. The zero-order chi connectivity index (χ0) is 23.2. The van der Waals surface area contributed by atoms with E-state index in [0.717, 1.165) is 10.2 Å². The summed E-state index contributed by atoms with van der Waals surface area (Å²) in [6.07, 6.45) is 4.91. The van der Waals surface area contributed by atoms with Gasteiger partial charge in [-0.1, -0.05) is 11.3 Å². The van der Waals surface area contributed by atoms with Crippen molar-refractivity contribution in [3.63, 3.8) is 0 Å². The molecule has 0 bridgehead atoms. The molecule has 5 rings (SSSR count). The van der Waals surface area contributed by atoms with Gasteiger partial charge in [0.15, 0.2) is 10.9 Å². The molecule has 0 radical (unpaired) electrons. The monoisotopic (exact) mass is 530 g/mol. The minimum Gasteiger partial charge on any atom is -0.364 e. The van der Waals surface area contributed by atoms with E-state index >= 15 is 0 Å². The Balaban J connectivity index is 1.48. The number of nitrogens with two attached hydrogens (primary N) is 1. The number of thiazole rings is 1. The molecule has 4 aromatic heterocycles. The van der Waals surface area contributed by atoms with Crippen LogP contribution < -0.4 is 21.3 Å². The number of primary amides is 1. The van der Waals surface area contributed by atoms with Crippen LogP contribution in [0.1, 0.15) is 30.3 Å². The van der Waals surface area contributed by atoms with Crippen LogP contribution >= 0.6 is 27.3 Å². The van der Waals surface area contributed by atoms with Gasteiger partial charge in [0.2, 0.25) is 11.9 Å². The minimum absolute atomic E-state index is 0.173. The predicted octanol–water partition coefficient (Wildman–Crippen LogP) is 2.51. The van der Waals surface area contributed by atoms with Crippen LogP contribution in [-0.4, -0.2) is 53.4 Å². The van der Waals surface area contributed by atoms with Crippen LogP contribution in [0, 0.1) is 0 Å². The molecule has 1 aliphatic rings. The van der Waals surface area contributed by atoms with Gasteiger partial charge >= 0.3 is 0 Å². The van der Waals surface area contributed by atoms with Gasteiger partial charge in [-0.05, 0) is 47.8 Å². The van der Waals surface area contributed by atoms with Gasteiger partial charge < -0.3 is 16.0 Å². The van der Waals surface area contributed by atoms with Crippen LogP contribution in [0.4, 0.5) is 22.8 Å². The number of fused-ring (bicyclic) bond motifs is 1. The normalized spacial score (nSPS) is 18.1. The molecule has 5 N–H and O–H groups in total. The van der Waals surface area contributed by atoms with Crippen molar-refractivity contribution in [1.29, 1.82) is 0 Å². The number of aromatic nitrogens is 6. The molecule has 33 heavy (non-hydrogen) atoms. The molecule has 1 unspecified atom stereocenters. The molecule has 0 spiro atoms. The van der Waals surface area contributed by atoms with Crippen molar-refractivity contribution in [3.05, 3.63) is 40.1 Å². The van der Waals surface area contributed by atoms with Crippen molar-refractivity contribution in [2.45, 2.75) is 25.3 Å². The van der Waals surface area contributed by atoms with Crippen LogP contribution in [-0.2, 0) is 4.79 Å². The SMILES string of the molecule is CC1(C(=O)Nc2ncc(Br)s2)CCCN1c1nc(Nc2cc(C(N)=O)[nH]n2)n2cccc2n1. The first-order valence-electron chi connectivity index (χ1n) is 10.0. The number of H-pyrrole nitrogens is 1. The molecule has 0 aromatic carbocycles. The largest absolute Gasteiger partial charge is 0.364 e. The van der Waals surface area contributed by atoms with Gasteiger partial charge in [-0.2, -0.15) is 15.1 Å². The topological polar surface area (TPSA) is 159 Å². The summed E-state index contributed by atoms with van der Waals surface area (Å²) in [4.78, 5) is 40.1. The Morgan fingerprint density at radius 3 is 2.94 bits per heavy atom. The molecule has 0 aliphatic carbocycles. The van der Waals surface area contributed by atoms with Crippen LogP contribution in [0.5, 0.6) is 0 Å². The number of hydrogen-bond donors (Lipinski definition) is 4. The Bertz CT molecular complexity index is 1360. The summed E-state index contributed by atoms with van der Waals surface area (Å²) in [5, 5.41) is 13.2. The highest BCUT2D eigenvalue weighted by Gasteiger charge is 2.45. The van der Waals surface area contributed by atoms with Gasteiger partial charge in [0.05, 0.1) is 9.98 Å². The fraction of sp³-hybridized carbons (Fsp3) is 0.263. The number of aromatic amines is 1. The summed E-state index contributed by atoms with van der Waals surface area (Å²) in [5.74, 6) is 0.426. The number of amides is 2. The fourth-order valence-electron chi connectivity index (χ4n) is 3.82. The maximum atomic E-state index is 13.2. The Hall–Kier alpha value is -3.52. The average Bonchev–Trinajstić information content (AvgIpc) is 3.55. The van der Waals surface area contributed by atoms with Crippen molar-refractivity contribution >= 4 is 67.6 Å². The van der Waals surface area contributed by atoms with Crippen LogP contribution in [0.15, 0.2) is 34.4 Å². The molecule has 1 fully saturated rings. The lowest BCUT2D eigenvalue weighted by atomic mass is 9.98. The van der Waals surface area contributed by atoms with Crippen molar-refractivity contribution < 1.29 is 9.59 Å². The summed E-state index contributed by atoms with van der Waals surface area (Å²) in [7, 11) is 0. The first-order chi connectivity index (χ1) is 15.8. The number of carbonyl (C=O) groups excluding carboxylic acids is 2. The van der Waals surface area contributed by atoms with E-state index in [9.17, 15) is 9.59 Å². The molecule has 14 heteroatoms. The number of halogens is 1. The zero-order valence-corrected chi connectivity index (χ0v) is 19.8. The molecule has 1 atom stereocenters. The van der Waals surface area contributed by atoms with E-state index in [1.54, 1.807) is 16.8 Å².